The van der Waals surface area contributed by atoms with E-state index in [1.54, 1.807) is 50.5 Å². The van der Waals surface area contributed by atoms with Crippen molar-refractivity contribution < 1.29 is 13.9 Å². The number of nitrogens with zero attached hydrogens (tertiary/aromatic N) is 3. The molecule has 0 aliphatic carbocycles. The number of hydrazine groups is 1. The summed E-state index contributed by atoms with van der Waals surface area (Å²) >= 11 is 1.25. The highest BCUT2D eigenvalue weighted by atomic mass is 32.1. The SMILES string of the molecule is CN(C)N(C)C(=O)c1cc2nccc(Oc3ccc(N)cc3F)c2s1. The van der Waals surface area contributed by atoms with E-state index in [2.05, 4.69) is 4.98 Å². The quantitative estimate of drug-likeness (QED) is 0.571. The summed E-state index contributed by atoms with van der Waals surface area (Å²) in [5.74, 6) is -0.207. The molecular formula is C17H17FN4O2S. The zero-order valence-corrected chi connectivity index (χ0v) is 14.8. The number of carbonyl (C=O) groups is 1. The highest BCUT2D eigenvalue weighted by molar-refractivity contribution is 7.21. The molecule has 0 aliphatic rings. The lowest BCUT2D eigenvalue weighted by atomic mass is 10.3. The maximum atomic E-state index is 14.0. The summed E-state index contributed by atoms with van der Waals surface area (Å²) < 4.78 is 20.3. The Bertz CT molecular complexity index is 942. The number of hydrogen-bond acceptors (Lipinski definition) is 6. The van der Waals surface area contributed by atoms with Crippen molar-refractivity contribution in [1.29, 1.82) is 0 Å². The molecule has 8 heteroatoms. The zero-order chi connectivity index (χ0) is 18.1. The van der Waals surface area contributed by atoms with Crippen LogP contribution in [-0.4, -0.2) is 42.1 Å². The minimum atomic E-state index is -0.551. The van der Waals surface area contributed by atoms with Crippen molar-refractivity contribution in [2.24, 2.45) is 0 Å². The van der Waals surface area contributed by atoms with Crippen molar-refractivity contribution in [2.75, 3.05) is 26.9 Å². The molecule has 3 rings (SSSR count). The molecule has 0 aliphatic heterocycles. The Morgan fingerprint density at radius 2 is 1.96 bits per heavy atom. The van der Waals surface area contributed by atoms with Crippen molar-refractivity contribution in [1.82, 2.24) is 15.0 Å². The van der Waals surface area contributed by atoms with Crippen LogP contribution in [0.1, 0.15) is 9.67 Å². The van der Waals surface area contributed by atoms with Gasteiger partial charge in [0.25, 0.3) is 5.91 Å². The van der Waals surface area contributed by atoms with Gasteiger partial charge in [0.1, 0.15) is 5.75 Å². The monoisotopic (exact) mass is 360 g/mol. The average Bonchev–Trinajstić information content (AvgIpc) is 3.01. The van der Waals surface area contributed by atoms with Gasteiger partial charge in [0.05, 0.1) is 15.1 Å². The largest absolute Gasteiger partial charge is 0.453 e. The number of aromatic nitrogens is 1. The molecule has 0 spiro atoms. The van der Waals surface area contributed by atoms with E-state index >= 15 is 0 Å². The third kappa shape index (κ3) is 3.40. The summed E-state index contributed by atoms with van der Waals surface area (Å²) in [4.78, 5) is 17.2. The van der Waals surface area contributed by atoms with E-state index < -0.39 is 5.82 Å². The number of halogens is 1. The van der Waals surface area contributed by atoms with Crippen LogP contribution in [0.25, 0.3) is 10.2 Å². The first-order chi connectivity index (χ1) is 11.9. The van der Waals surface area contributed by atoms with E-state index in [1.165, 1.54) is 28.5 Å². The number of hydrogen-bond donors (Lipinski definition) is 1. The van der Waals surface area contributed by atoms with Gasteiger partial charge in [-0.2, -0.15) is 0 Å². The maximum absolute atomic E-state index is 14.0. The van der Waals surface area contributed by atoms with Crippen LogP contribution < -0.4 is 10.5 Å². The van der Waals surface area contributed by atoms with E-state index in [9.17, 15) is 9.18 Å². The Kier molecular flexibility index (Phi) is 4.56. The molecule has 0 bridgehead atoms. The van der Waals surface area contributed by atoms with Crippen LogP contribution in [-0.2, 0) is 0 Å². The molecule has 1 aromatic carbocycles. The van der Waals surface area contributed by atoms with Crippen LogP contribution in [0.2, 0.25) is 0 Å². The van der Waals surface area contributed by atoms with Crippen LogP contribution in [0.15, 0.2) is 36.5 Å². The van der Waals surface area contributed by atoms with E-state index in [0.29, 0.717) is 26.5 Å². The fourth-order valence-corrected chi connectivity index (χ4v) is 3.20. The summed E-state index contributed by atoms with van der Waals surface area (Å²) in [5, 5.41) is 3.17. The molecule has 25 heavy (non-hydrogen) atoms. The number of carbonyl (C=O) groups excluding carboxylic acids is 1. The number of ether oxygens (including phenoxy) is 1. The molecule has 130 valence electrons. The molecule has 3 aromatic rings. The second-order valence-corrected chi connectivity index (χ2v) is 6.65. The fraction of sp³-hybridized carbons (Fsp3) is 0.176. The number of nitrogens with two attached hydrogens (primary N) is 1. The third-order valence-corrected chi connectivity index (χ3v) is 4.78. The van der Waals surface area contributed by atoms with Crippen LogP contribution in [0.3, 0.4) is 0 Å². The van der Waals surface area contributed by atoms with E-state index in [4.69, 9.17) is 10.5 Å². The molecule has 0 atom stereocenters. The van der Waals surface area contributed by atoms with E-state index in [0.717, 1.165) is 0 Å². The third-order valence-electron chi connectivity index (χ3n) is 3.66. The summed E-state index contributed by atoms with van der Waals surface area (Å²) in [5.41, 5.74) is 6.49. The second kappa shape index (κ2) is 6.66. The first-order valence-corrected chi connectivity index (χ1v) is 8.25. The molecule has 6 nitrogen and oxygen atoms in total. The normalized spacial score (nSPS) is 11.1. The van der Waals surface area contributed by atoms with E-state index in [-0.39, 0.29) is 11.7 Å². The number of rotatable bonds is 4. The Morgan fingerprint density at radius 3 is 2.64 bits per heavy atom. The van der Waals surface area contributed by atoms with Crippen molar-refractivity contribution in [3.05, 3.63) is 47.2 Å². The summed E-state index contributed by atoms with van der Waals surface area (Å²) in [6.07, 6.45) is 1.56. The number of thiophene rings is 1. The van der Waals surface area contributed by atoms with E-state index in [1.807, 2.05) is 0 Å². The molecule has 0 saturated heterocycles. The zero-order valence-electron chi connectivity index (χ0n) is 14.0. The van der Waals surface area contributed by atoms with Gasteiger partial charge < -0.3 is 10.5 Å². The van der Waals surface area contributed by atoms with Crippen molar-refractivity contribution in [2.45, 2.75) is 0 Å². The van der Waals surface area contributed by atoms with Crippen molar-refractivity contribution in [3.63, 3.8) is 0 Å². The van der Waals surface area contributed by atoms with Crippen LogP contribution >= 0.6 is 11.3 Å². The van der Waals surface area contributed by atoms with Gasteiger partial charge in [-0.05, 0) is 18.2 Å². The van der Waals surface area contributed by atoms with Gasteiger partial charge in [-0.3, -0.25) is 14.8 Å². The lowest BCUT2D eigenvalue weighted by Gasteiger charge is -2.23. The number of benzene rings is 1. The maximum Gasteiger partial charge on any atom is 0.278 e. The van der Waals surface area contributed by atoms with Crippen molar-refractivity contribution in [3.8, 4) is 11.5 Å². The average molecular weight is 360 g/mol. The smallest absolute Gasteiger partial charge is 0.278 e. The predicted molar refractivity (Wildman–Crippen MR) is 96.3 cm³/mol. The summed E-state index contributed by atoms with van der Waals surface area (Å²) in [6.45, 7) is 0. The minimum absolute atomic E-state index is 0.0633. The molecule has 1 amide bonds. The molecule has 2 aromatic heterocycles. The lowest BCUT2D eigenvalue weighted by Crippen LogP contribution is -2.38. The summed E-state index contributed by atoms with van der Waals surface area (Å²) in [6, 6.07) is 7.57. The Morgan fingerprint density at radius 1 is 1.20 bits per heavy atom. The topological polar surface area (TPSA) is 71.7 Å². The lowest BCUT2D eigenvalue weighted by molar-refractivity contribution is 0.0347. The van der Waals surface area contributed by atoms with Crippen LogP contribution in [0, 0.1) is 5.82 Å². The summed E-state index contributed by atoms with van der Waals surface area (Å²) in [7, 11) is 5.24. The van der Waals surface area contributed by atoms with Gasteiger partial charge in [0.2, 0.25) is 0 Å². The van der Waals surface area contributed by atoms with Crippen LogP contribution in [0.5, 0.6) is 11.5 Å². The molecule has 0 fully saturated rings. The molecule has 0 saturated carbocycles. The first kappa shape index (κ1) is 17.1. The van der Waals surface area contributed by atoms with Crippen molar-refractivity contribution >= 4 is 33.1 Å². The standard InChI is InChI=1S/C17H17FN4O2S/c1-21(2)22(3)17(23)15-9-12-16(25-15)14(6-7-20-12)24-13-5-4-10(19)8-11(13)18/h4-9H,19H2,1-3H3. The van der Waals surface area contributed by atoms with Gasteiger partial charge in [-0.1, -0.05) is 0 Å². The fourth-order valence-electron chi connectivity index (χ4n) is 2.16. The Labute approximate surface area is 148 Å². The Hall–Kier alpha value is -2.71. The van der Waals surface area contributed by atoms with Gasteiger partial charge in [0.15, 0.2) is 11.6 Å². The number of anilines is 1. The highest BCUT2D eigenvalue weighted by Crippen LogP contribution is 2.36. The highest BCUT2D eigenvalue weighted by Gasteiger charge is 2.19. The first-order valence-electron chi connectivity index (χ1n) is 7.43. The van der Waals surface area contributed by atoms with Gasteiger partial charge in [-0.25, -0.2) is 9.40 Å². The molecule has 0 radical (unpaired) electrons. The van der Waals surface area contributed by atoms with Crippen LogP contribution in [0.4, 0.5) is 10.1 Å². The van der Waals surface area contributed by atoms with Gasteiger partial charge >= 0.3 is 0 Å². The number of fused-ring (bicyclic) bond motifs is 1. The Balaban J connectivity index is 1.98. The second-order valence-electron chi connectivity index (χ2n) is 5.60. The molecule has 0 unspecified atom stereocenters. The van der Waals surface area contributed by atoms with Gasteiger partial charge in [0, 0.05) is 45.2 Å². The minimum Gasteiger partial charge on any atom is -0.453 e. The molecular weight excluding hydrogens is 343 g/mol. The van der Waals surface area contributed by atoms with Gasteiger partial charge in [-0.15, -0.1) is 11.3 Å². The number of amides is 1. The number of pyridine rings is 1. The predicted octanol–water partition coefficient (Wildman–Crippen LogP) is 3.36. The molecule has 2 heterocycles. The number of nitrogen functional groups attached to an aromatic ring is 1. The molecule has 2 N–H and O–H groups in total.